The molecule has 6 atom stereocenters. The number of ketones is 1. The molecule has 1 saturated heterocycles. The van der Waals surface area contributed by atoms with Crippen LogP contribution in [0.1, 0.15) is 53.4 Å². The summed E-state index contributed by atoms with van der Waals surface area (Å²) in [4.78, 5) is 24.6. The molecule has 0 bridgehead atoms. The third kappa shape index (κ3) is 1.78. The molecule has 0 aromatic carbocycles. The minimum Gasteiger partial charge on any atom is -0.462 e. The summed E-state index contributed by atoms with van der Waals surface area (Å²) in [7, 11) is 0. The molecule has 1 heterocycles. The number of rotatable bonds is 3. The van der Waals surface area contributed by atoms with Crippen LogP contribution in [0, 0.1) is 17.3 Å². The average molecular weight is 310 g/mol. The molecular formula is C17H26O5. The van der Waals surface area contributed by atoms with Crippen LogP contribution in [0.2, 0.25) is 0 Å². The lowest BCUT2D eigenvalue weighted by Gasteiger charge is -2.50. The summed E-state index contributed by atoms with van der Waals surface area (Å²) < 4.78 is 11.6. The van der Waals surface area contributed by atoms with Gasteiger partial charge in [0.25, 0.3) is 0 Å². The van der Waals surface area contributed by atoms with Gasteiger partial charge in [0.2, 0.25) is 0 Å². The van der Waals surface area contributed by atoms with E-state index in [4.69, 9.17) is 9.47 Å². The molecule has 1 spiro atoms. The first-order valence-electron chi connectivity index (χ1n) is 8.24. The molecule has 124 valence electrons. The number of aliphatic hydroxyl groups is 1. The summed E-state index contributed by atoms with van der Waals surface area (Å²) in [5.74, 6) is -0.434. The van der Waals surface area contributed by atoms with Gasteiger partial charge in [0, 0.05) is 24.9 Å². The van der Waals surface area contributed by atoms with Gasteiger partial charge in [-0.2, -0.15) is 0 Å². The SMILES string of the molecule is CC(=O)O[C@@H]1CC[C@]2(C)O[C@@]23C(=O)[C@H]([C@H](C)CO)CC[C@@]13C. The van der Waals surface area contributed by atoms with Gasteiger partial charge in [-0.25, -0.2) is 0 Å². The van der Waals surface area contributed by atoms with E-state index in [1.54, 1.807) is 0 Å². The molecule has 0 unspecified atom stereocenters. The molecule has 2 aliphatic carbocycles. The van der Waals surface area contributed by atoms with Gasteiger partial charge in [-0.1, -0.05) is 13.8 Å². The Hall–Kier alpha value is -0.940. The lowest BCUT2D eigenvalue weighted by atomic mass is 9.52. The van der Waals surface area contributed by atoms with Gasteiger partial charge in [-0.3, -0.25) is 9.59 Å². The van der Waals surface area contributed by atoms with Crippen LogP contribution < -0.4 is 0 Å². The number of hydrogen-bond acceptors (Lipinski definition) is 5. The number of carbonyl (C=O) groups is 2. The van der Waals surface area contributed by atoms with Gasteiger partial charge >= 0.3 is 5.97 Å². The first kappa shape index (κ1) is 15.9. The number of aliphatic hydroxyl groups excluding tert-OH is 1. The van der Waals surface area contributed by atoms with Gasteiger partial charge in [0.15, 0.2) is 11.4 Å². The maximum Gasteiger partial charge on any atom is 0.302 e. The fraction of sp³-hybridized carbons (Fsp3) is 0.882. The van der Waals surface area contributed by atoms with Crippen LogP contribution in [0.15, 0.2) is 0 Å². The summed E-state index contributed by atoms with van der Waals surface area (Å²) in [5.41, 5.74) is -1.75. The lowest BCUT2D eigenvalue weighted by Crippen LogP contribution is -2.62. The Kier molecular flexibility index (Phi) is 3.46. The maximum atomic E-state index is 13.2. The van der Waals surface area contributed by atoms with E-state index in [-0.39, 0.29) is 36.3 Å². The number of epoxide rings is 1. The minimum atomic E-state index is -0.843. The summed E-state index contributed by atoms with van der Waals surface area (Å²) in [5, 5.41) is 9.44. The molecule has 0 aromatic rings. The third-order valence-electron chi connectivity index (χ3n) is 6.42. The zero-order valence-corrected chi connectivity index (χ0v) is 13.8. The first-order valence-corrected chi connectivity index (χ1v) is 8.24. The molecule has 3 rings (SSSR count). The average Bonchev–Trinajstić information content (AvgIpc) is 3.09. The van der Waals surface area contributed by atoms with Crippen molar-refractivity contribution < 1.29 is 24.2 Å². The molecule has 1 N–H and O–H groups in total. The van der Waals surface area contributed by atoms with Crippen LogP contribution in [0.3, 0.4) is 0 Å². The highest BCUT2D eigenvalue weighted by Gasteiger charge is 2.84. The largest absolute Gasteiger partial charge is 0.462 e. The van der Waals surface area contributed by atoms with Gasteiger partial charge in [0.05, 0.1) is 0 Å². The topological polar surface area (TPSA) is 76.1 Å². The van der Waals surface area contributed by atoms with E-state index in [9.17, 15) is 14.7 Å². The molecule has 5 heteroatoms. The Labute approximate surface area is 131 Å². The van der Waals surface area contributed by atoms with Crippen LogP contribution in [0.4, 0.5) is 0 Å². The Morgan fingerprint density at radius 1 is 1.41 bits per heavy atom. The quantitative estimate of drug-likeness (QED) is 0.636. The van der Waals surface area contributed by atoms with Gasteiger partial charge in [-0.15, -0.1) is 0 Å². The van der Waals surface area contributed by atoms with Gasteiger partial charge < -0.3 is 14.6 Å². The van der Waals surface area contributed by atoms with E-state index < -0.39 is 16.6 Å². The second kappa shape index (κ2) is 4.78. The fourth-order valence-corrected chi connectivity index (χ4v) is 5.05. The molecule has 5 nitrogen and oxygen atoms in total. The van der Waals surface area contributed by atoms with Gasteiger partial charge in [0.1, 0.15) is 11.7 Å². The Morgan fingerprint density at radius 2 is 2.09 bits per heavy atom. The van der Waals surface area contributed by atoms with Crippen LogP contribution in [0.25, 0.3) is 0 Å². The molecule has 3 fully saturated rings. The van der Waals surface area contributed by atoms with Crippen molar-refractivity contribution in [1.82, 2.24) is 0 Å². The predicted molar refractivity (Wildman–Crippen MR) is 79.1 cm³/mol. The molecule has 1 aliphatic heterocycles. The number of Topliss-reactive ketones (excluding diaryl/α,β-unsaturated/α-hetero) is 1. The number of hydrogen-bond donors (Lipinski definition) is 1. The summed E-state index contributed by atoms with van der Waals surface area (Å²) >= 11 is 0. The molecule has 22 heavy (non-hydrogen) atoms. The number of ether oxygens (including phenoxy) is 2. The second-order valence-electron chi connectivity index (χ2n) is 7.74. The van der Waals surface area contributed by atoms with Gasteiger partial charge in [-0.05, 0) is 38.5 Å². The fourth-order valence-electron chi connectivity index (χ4n) is 5.05. The monoisotopic (exact) mass is 310 g/mol. The van der Waals surface area contributed by atoms with E-state index in [2.05, 4.69) is 0 Å². The zero-order chi connectivity index (χ0) is 16.3. The zero-order valence-electron chi connectivity index (χ0n) is 13.8. The Balaban J connectivity index is 1.97. The van der Waals surface area contributed by atoms with Crippen molar-refractivity contribution in [1.29, 1.82) is 0 Å². The van der Waals surface area contributed by atoms with Crippen molar-refractivity contribution in [2.45, 2.75) is 70.7 Å². The molecule has 0 radical (unpaired) electrons. The molecule has 3 aliphatic rings. The van der Waals surface area contributed by atoms with E-state index in [0.29, 0.717) is 0 Å². The summed E-state index contributed by atoms with van der Waals surface area (Å²) in [6, 6.07) is 0. The number of esters is 1. The van der Waals surface area contributed by atoms with E-state index in [0.717, 1.165) is 25.7 Å². The first-order chi connectivity index (χ1) is 10.2. The van der Waals surface area contributed by atoms with Crippen molar-refractivity contribution in [3.63, 3.8) is 0 Å². The van der Waals surface area contributed by atoms with Crippen LogP contribution in [-0.4, -0.2) is 40.8 Å². The second-order valence-corrected chi connectivity index (χ2v) is 7.74. The standard InChI is InChI=1S/C17H26O5/c1-10(9-18)12-5-7-15(3)13(21-11(2)19)6-8-16(4)17(15,22-16)14(12)20/h10,12-13,18H,5-9H2,1-4H3/t10-,12+,13-,15+,16+,17-/m1/s1. The van der Waals surface area contributed by atoms with E-state index >= 15 is 0 Å². The van der Waals surface area contributed by atoms with Crippen LogP contribution in [0.5, 0.6) is 0 Å². The smallest absolute Gasteiger partial charge is 0.302 e. The molecule has 0 amide bonds. The summed E-state index contributed by atoms with van der Waals surface area (Å²) in [6.45, 7) is 7.36. The van der Waals surface area contributed by atoms with Crippen molar-refractivity contribution in [3.8, 4) is 0 Å². The Bertz CT molecular complexity index is 517. The van der Waals surface area contributed by atoms with Crippen molar-refractivity contribution in [2.24, 2.45) is 17.3 Å². The van der Waals surface area contributed by atoms with Crippen LogP contribution >= 0.6 is 0 Å². The highest BCUT2D eigenvalue weighted by Crippen LogP contribution is 2.70. The summed E-state index contributed by atoms with van der Waals surface area (Å²) in [6.07, 6.45) is 2.70. The minimum absolute atomic E-state index is 0.00723. The lowest BCUT2D eigenvalue weighted by molar-refractivity contribution is -0.170. The highest BCUT2D eigenvalue weighted by molar-refractivity contribution is 5.96. The highest BCUT2D eigenvalue weighted by atomic mass is 16.6. The van der Waals surface area contributed by atoms with E-state index in [1.807, 2.05) is 20.8 Å². The van der Waals surface area contributed by atoms with Crippen molar-refractivity contribution >= 4 is 11.8 Å². The molecule has 0 aromatic heterocycles. The Morgan fingerprint density at radius 3 is 2.68 bits per heavy atom. The third-order valence-corrected chi connectivity index (χ3v) is 6.42. The van der Waals surface area contributed by atoms with E-state index in [1.165, 1.54) is 6.92 Å². The predicted octanol–water partition coefficient (Wildman–Crippen LogP) is 1.85. The van der Waals surface area contributed by atoms with Crippen molar-refractivity contribution in [3.05, 3.63) is 0 Å². The van der Waals surface area contributed by atoms with Crippen molar-refractivity contribution in [2.75, 3.05) is 6.61 Å². The molecular weight excluding hydrogens is 284 g/mol. The molecule has 2 saturated carbocycles. The normalized spacial score (nSPS) is 48.1. The maximum absolute atomic E-state index is 13.2. The number of carbonyl (C=O) groups excluding carboxylic acids is 2. The van der Waals surface area contributed by atoms with Crippen LogP contribution in [-0.2, 0) is 19.1 Å².